The summed E-state index contributed by atoms with van der Waals surface area (Å²) in [5, 5.41) is 2.97. The second-order valence-electron chi connectivity index (χ2n) is 5.80. The Morgan fingerprint density at radius 1 is 1.00 bits per heavy atom. The third kappa shape index (κ3) is 2.30. The van der Waals surface area contributed by atoms with E-state index in [1.807, 2.05) is 30.3 Å². The number of carbonyl (C=O) groups excluding carboxylic acids is 2. The van der Waals surface area contributed by atoms with Gasteiger partial charge in [-0.1, -0.05) is 56.0 Å². The van der Waals surface area contributed by atoms with Gasteiger partial charge in [-0.2, -0.15) is 0 Å². The minimum Gasteiger partial charge on any atom is -0.323 e. The van der Waals surface area contributed by atoms with Crippen molar-refractivity contribution in [2.75, 3.05) is 0 Å². The Kier molecular flexibility index (Phi) is 3.47. The van der Waals surface area contributed by atoms with Crippen LogP contribution in [0.4, 0.5) is 4.79 Å². The summed E-state index contributed by atoms with van der Waals surface area (Å²) in [6.45, 7) is 0.368. The lowest BCUT2D eigenvalue weighted by Crippen LogP contribution is -2.46. The first-order valence-electron chi connectivity index (χ1n) is 7.39. The molecule has 1 saturated carbocycles. The fourth-order valence-corrected chi connectivity index (χ4v) is 3.26. The monoisotopic (exact) mass is 272 g/mol. The molecule has 0 radical (unpaired) electrons. The van der Waals surface area contributed by atoms with Crippen LogP contribution in [0.3, 0.4) is 0 Å². The van der Waals surface area contributed by atoms with Gasteiger partial charge in [0.05, 0.1) is 6.54 Å². The molecule has 0 unspecified atom stereocenters. The van der Waals surface area contributed by atoms with Crippen LogP contribution in [0.25, 0.3) is 0 Å². The number of nitrogens with one attached hydrogen (secondary N) is 1. The molecule has 0 atom stereocenters. The summed E-state index contributed by atoms with van der Waals surface area (Å²) in [5.41, 5.74) is 0.365. The minimum atomic E-state index is -0.623. The Balaban J connectivity index is 1.79. The molecule has 1 heterocycles. The Labute approximate surface area is 119 Å². The van der Waals surface area contributed by atoms with Crippen LogP contribution < -0.4 is 5.32 Å². The van der Waals surface area contributed by atoms with Crippen molar-refractivity contribution in [3.05, 3.63) is 35.9 Å². The Hall–Kier alpha value is -1.84. The zero-order valence-electron chi connectivity index (χ0n) is 11.6. The van der Waals surface area contributed by atoms with Gasteiger partial charge in [-0.25, -0.2) is 4.79 Å². The summed E-state index contributed by atoms with van der Waals surface area (Å²) in [4.78, 5) is 26.2. The van der Waals surface area contributed by atoms with Gasteiger partial charge in [0.25, 0.3) is 5.91 Å². The maximum atomic E-state index is 12.7. The first-order valence-corrected chi connectivity index (χ1v) is 7.39. The minimum absolute atomic E-state index is 0.0340. The number of rotatable bonds is 2. The van der Waals surface area contributed by atoms with Crippen molar-refractivity contribution in [1.29, 1.82) is 0 Å². The summed E-state index contributed by atoms with van der Waals surface area (Å²) in [5.74, 6) is -0.0340. The molecule has 20 heavy (non-hydrogen) atoms. The van der Waals surface area contributed by atoms with Crippen LogP contribution in [-0.2, 0) is 11.3 Å². The highest BCUT2D eigenvalue weighted by molar-refractivity contribution is 6.07. The maximum absolute atomic E-state index is 12.7. The van der Waals surface area contributed by atoms with Gasteiger partial charge in [-0.3, -0.25) is 9.69 Å². The van der Waals surface area contributed by atoms with Crippen LogP contribution in [0.15, 0.2) is 30.3 Å². The van der Waals surface area contributed by atoms with Crippen LogP contribution in [0.5, 0.6) is 0 Å². The average Bonchev–Trinajstić information content (AvgIpc) is 2.65. The van der Waals surface area contributed by atoms with E-state index in [0.717, 1.165) is 44.1 Å². The van der Waals surface area contributed by atoms with Gasteiger partial charge >= 0.3 is 6.03 Å². The third-order valence-corrected chi connectivity index (χ3v) is 4.39. The van der Waals surface area contributed by atoms with Crippen molar-refractivity contribution in [3.63, 3.8) is 0 Å². The molecule has 3 amide bonds. The lowest BCUT2D eigenvalue weighted by Gasteiger charge is -2.24. The third-order valence-electron chi connectivity index (χ3n) is 4.39. The van der Waals surface area contributed by atoms with E-state index < -0.39 is 5.54 Å². The molecule has 1 aromatic rings. The van der Waals surface area contributed by atoms with Crippen molar-refractivity contribution in [2.24, 2.45) is 0 Å². The van der Waals surface area contributed by atoms with E-state index in [0.29, 0.717) is 6.54 Å². The highest BCUT2D eigenvalue weighted by atomic mass is 16.2. The fraction of sp³-hybridized carbons (Fsp3) is 0.500. The summed E-state index contributed by atoms with van der Waals surface area (Å²) < 4.78 is 0. The van der Waals surface area contributed by atoms with E-state index in [-0.39, 0.29) is 11.9 Å². The second kappa shape index (κ2) is 5.27. The van der Waals surface area contributed by atoms with Crippen LogP contribution in [0.2, 0.25) is 0 Å². The molecular weight excluding hydrogens is 252 g/mol. The maximum Gasteiger partial charge on any atom is 0.325 e. The molecule has 4 heteroatoms. The summed E-state index contributed by atoms with van der Waals surface area (Å²) >= 11 is 0. The molecule has 1 aliphatic carbocycles. The molecule has 1 saturated heterocycles. The van der Waals surface area contributed by atoms with Crippen LogP contribution in [0, 0.1) is 0 Å². The standard InChI is InChI=1S/C16H20N2O2/c19-14-16(10-6-1-2-7-11-16)17-15(20)18(14)12-13-8-4-3-5-9-13/h3-5,8-9H,1-2,6-7,10-12H2,(H,17,20). The number of hydrogen-bond donors (Lipinski definition) is 1. The highest BCUT2D eigenvalue weighted by Gasteiger charge is 2.50. The Morgan fingerprint density at radius 3 is 2.30 bits per heavy atom. The lowest BCUT2D eigenvalue weighted by atomic mass is 9.90. The van der Waals surface area contributed by atoms with Gasteiger partial charge in [0.1, 0.15) is 5.54 Å². The molecule has 1 spiro atoms. The average molecular weight is 272 g/mol. The van der Waals surface area contributed by atoms with E-state index in [1.165, 1.54) is 4.90 Å². The Bertz CT molecular complexity index is 504. The first-order chi connectivity index (χ1) is 9.71. The highest BCUT2D eigenvalue weighted by Crippen LogP contribution is 2.33. The van der Waals surface area contributed by atoms with Crippen molar-refractivity contribution in [1.82, 2.24) is 10.2 Å². The molecule has 4 nitrogen and oxygen atoms in total. The molecule has 106 valence electrons. The first kappa shape index (κ1) is 13.2. The van der Waals surface area contributed by atoms with Gasteiger partial charge in [0.2, 0.25) is 0 Å². The number of hydrogen-bond acceptors (Lipinski definition) is 2. The van der Waals surface area contributed by atoms with Crippen molar-refractivity contribution < 1.29 is 9.59 Å². The topological polar surface area (TPSA) is 49.4 Å². The van der Waals surface area contributed by atoms with E-state index in [9.17, 15) is 9.59 Å². The van der Waals surface area contributed by atoms with Crippen molar-refractivity contribution >= 4 is 11.9 Å². The number of carbonyl (C=O) groups is 2. The fourth-order valence-electron chi connectivity index (χ4n) is 3.26. The van der Waals surface area contributed by atoms with Gasteiger partial charge in [0.15, 0.2) is 0 Å². The van der Waals surface area contributed by atoms with Crippen LogP contribution in [-0.4, -0.2) is 22.4 Å². The van der Waals surface area contributed by atoms with Gasteiger partial charge in [0, 0.05) is 0 Å². The molecule has 1 aliphatic heterocycles. The smallest absolute Gasteiger partial charge is 0.323 e. The number of nitrogens with zero attached hydrogens (tertiary/aromatic N) is 1. The molecule has 1 N–H and O–H groups in total. The lowest BCUT2D eigenvalue weighted by molar-refractivity contribution is -0.132. The number of imide groups is 1. The molecule has 1 aromatic carbocycles. The Morgan fingerprint density at radius 2 is 1.65 bits per heavy atom. The molecule has 0 bridgehead atoms. The normalized spacial score (nSPS) is 21.9. The van der Waals surface area contributed by atoms with Gasteiger partial charge in [-0.15, -0.1) is 0 Å². The second-order valence-corrected chi connectivity index (χ2v) is 5.80. The van der Waals surface area contributed by atoms with Crippen molar-refractivity contribution in [2.45, 2.75) is 50.6 Å². The largest absolute Gasteiger partial charge is 0.325 e. The predicted octanol–water partition coefficient (Wildman–Crippen LogP) is 2.83. The van der Waals surface area contributed by atoms with Gasteiger partial charge in [-0.05, 0) is 18.4 Å². The number of amides is 3. The zero-order chi connectivity index (χ0) is 14.0. The SMILES string of the molecule is O=C1NC2(CCCCCC2)C(=O)N1Cc1ccccc1. The van der Waals surface area contributed by atoms with E-state index in [2.05, 4.69) is 5.32 Å². The van der Waals surface area contributed by atoms with E-state index in [1.54, 1.807) is 0 Å². The predicted molar refractivity (Wildman–Crippen MR) is 76.0 cm³/mol. The quantitative estimate of drug-likeness (QED) is 0.842. The van der Waals surface area contributed by atoms with E-state index >= 15 is 0 Å². The number of urea groups is 1. The summed E-state index contributed by atoms with van der Waals surface area (Å²) in [6.07, 6.45) is 5.91. The molecule has 2 aliphatic rings. The van der Waals surface area contributed by atoms with Crippen LogP contribution in [0.1, 0.15) is 44.1 Å². The molecule has 0 aromatic heterocycles. The molecular formula is C16H20N2O2. The van der Waals surface area contributed by atoms with Gasteiger partial charge < -0.3 is 5.32 Å². The summed E-state index contributed by atoms with van der Waals surface area (Å²) in [7, 11) is 0. The van der Waals surface area contributed by atoms with E-state index in [4.69, 9.17) is 0 Å². The molecule has 3 rings (SSSR count). The zero-order valence-corrected chi connectivity index (χ0v) is 11.6. The van der Waals surface area contributed by atoms with Crippen molar-refractivity contribution in [3.8, 4) is 0 Å². The van der Waals surface area contributed by atoms with Crippen LogP contribution >= 0.6 is 0 Å². The summed E-state index contributed by atoms with van der Waals surface area (Å²) in [6, 6.07) is 9.44. The molecule has 2 fully saturated rings. The number of benzene rings is 1.